The Bertz CT molecular complexity index is 712. The highest BCUT2D eigenvalue weighted by molar-refractivity contribution is 5.98. The van der Waals surface area contributed by atoms with Crippen LogP contribution in [0.25, 0.3) is 0 Å². The number of urea groups is 1. The number of carbonyl (C=O) groups excluding carboxylic acids is 2. The molecule has 1 aliphatic heterocycles. The number of allylic oxidation sites excluding steroid dienone is 1. The number of likely N-dealkylation sites (N-methyl/N-ethyl adjacent to an activating group) is 1. The summed E-state index contributed by atoms with van der Waals surface area (Å²) in [6.45, 7) is 7.75. The Morgan fingerprint density at radius 3 is 2.62 bits per heavy atom. The fourth-order valence-electron chi connectivity index (χ4n) is 2.95. The molecule has 1 aromatic heterocycles. The SMILES string of the molecule is COc1c(C)cnc(CN(C)C(=O)C2=C(C)NC(=O)N[C@H]2C)c1C. The van der Waals surface area contributed by atoms with Gasteiger partial charge in [0.1, 0.15) is 5.75 Å². The number of rotatable bonds is 4. The fourth-order valence-corrected chi connectivity index (χ4v) is 2.95. The lowest BCUT2D eigenvalue weighted by Gasteiger charge is -2.28. The third-order valence-corrected chi connectivity index (χ3v) is 4.20. The molecule has 130 valence electrons. The van der Waals surface area contributed by atoms with Crippen molar-refractivity contribution in [1.29, 1.82) is 0 Å². The van der Waals surface area contributed by atoms with Gasteiger partial charge in [-0.2, -0.15) is 0 Å². The van der Waals surface area contributed by atoms with Crippen molar-refractivity contribution in [1.82, 2.24) is 20.5 Å². The van der Waals surface area contributed by atoms with Gasteiger partial charge in [-0.3, -0.25) is 9.78 Å². The highest BCUT2D eigenvalue weighted by atomic mass is 16.5. The third kappa shape index (κ3) is 3.34. The van der Waals surface area contributed by atoms with Crippen LogP contribution in [0.15, 0.2) is 17.5 Å². The molecule has 0 spiro atoms. The number of nitrogens with one attached hydrogen (secondary N) is 2. The molecule has 0 aliphatic carbocycles. The van der Waals surface area contributed by atoms with Crippen LogP contribution in [0, 0.1) is 13.8 Å². The van der Waals surface area contributed by atoms with Gasteiger partial charge in [-0.05, 0) is 27.7 Å². The lowest BCUT2D eigenvalue weighted by molar-refractivity contribution is -0.126. The molecule has 1 aromatic rings. The smallest absolute Gasteiger partial charge is 0.319 e. The molecule has 0 fully saturated rings. The maximum Gasteiger partial charge on any atom is 0.319 e. The van der Waals surface area contributed by atoms with E-state index in [1.807, 2.05) is 13.8 Å². The predicted octanol–water partition coefficient (Wildman–Crippen LogP) is 1.64. The van der Waals surface area contributed by atoms with Crippen molar-refractivity contribution in [2.45, 2.75) is 40.3 Å². The third-order valence-electron chi connectivity index (χ3n) is 4.20. The van der Waals surface area contributed by atoms with E-state index in [2.05, 4.69) is 15.6 Å². The summed E-state index contributed by atoms with van der Waals surface area (Å²) in [4.78, 5) is 30.3. The summed E-state index contributed by atoms with van der Waals surface area (Å²) in [5.74, 6) is 0.643. The van der Waals surface area contributed by atoms with E-state index in [1.165, 1.54) is 0 Å². The summed E-state index contributed by atoms with van der Waals surface area (Å²) in [5.41, 5.74) is 3.79. The standard InChI is InChI=1S/C17H24N4O3/c1-9-7-18-13(10(2)15(9)24-6)8-21(5)16(22)14-11(3)19-17(23)20-12(14)4/h7,11H,8H2,1-6H3,(H2,19,20,23)/t11-/m0/s1. The molecular weight excluding hydrogens is 308 g/mol. The zero-order valence-electron chi connectivity index (χ0n) is 15.0. The fraction of sp³-hybridized carbons (Fsp3) is 0.471. The van der Waals surface area contributed by atoms with E-state index in [9.17, 15) is 9.59 Å². The summed E-state index contributed by atoms with van der Waals surface area (Å²) < 4.78 is 5.41. The van der Waals surface area contributed by atoms with Crippen LogP contribution in [0.5, 0.6) is 5.75 Å². The first-order valence-corrected chi connectivity index (χ1v) is 7.79. The van der Waals surface area contributed by atoms with Gasteiger partial charge in [-0.1, -0.05) is 0 Å². The molecule has 0 saturated carbocycles. The molecule has 0 saturated heterocycles. The first-order valence-electron chi connectivity index (χ1n) is 7.79. The van der Waals surface area contributed by atoms with E-state index < -0.39 is 0 Å². The summed E-state index contributed by atoms with van der Waals surface area (Å²) >= 11 is 0. The Kier molecular flexibility index (Phi) is 5.11. The molecule has 2 heterocycles. The summed E-state index contributed by atoms with van der Waals surface area (Å²) in [5, 5.41) is 5.35. The van der Waals surface area contributed by atoms with Crippen LogP contribution in [0.4, 0.5) is 4.79 Å². The molecule has 0 bridgehead atoms. The van der Waals surface area contributed by atoms with Crippen LogP contribution in [0.2, 0.25) is 0 Å². The maximum atomic E-state index is 12.8. The number of pyridine rings is 1. The minimum Gasteiger partial charge on any atom is -0.496 e. The summed E-state index contributed by atoms with van der Waals surface area (Å²) in [6, 6.07) is -0.629. The molecule has 7 heteroatoms. The molecule has 0 unspecified atom stereocenters. The van der Waals surface area contributed by atoms with Crippen molar-refractivity contribution in [2.24, 2.45) is 0 Å². The molecule has 1 aliphatic rings. The molecule has 0 aromatic carbocycles. The molecular formula is C17H24N4O3. The van der Waals surface area contributed by atoms with Gasteiger partial charge in [0.2, 0.25) is 0 Å². The Balaban J connectivity index is 2.24. The number of aromatic nitrogens is 1. The number of amides is 3. The average Bonchev–Trinajstić information content (AvgIpc) is 2.49. The van der Waals surface area contributed by atoms with Crippen molar-refractivity contribution < 1.29 is 14.3 Å². The summed E-state index contributed by atoms with van der Waals surface area (Å²) in [6.07, 6.45) is 1.75. The normalized spacial score (nSPS) is 17.2. The van der Waals surface area contributed by atoms with E-state index in [1.54, 1.807) is 39.1 Å². The first kappa shape index (κ1) is 17.8. The number of nitrogens with zero attached hydrogens (tertiary/aromatic N) is 2. The van der Waals surface area contributed by atoms with E-state index in [4.69, 9.17) is 4.74 Å². The quantitative estimate of drug-likeness (QED) is 0.878. The second-order valence-electron chi connectivity index (χ2n) is 6.07. The van der Waals surface area contributed by atoms with Crippen LogP contribution in [0.3, 0.4) is 0 Å². The van der Waals surface area contributed by atoms with Crippen molar-refractivity contribution >= 4 is 11.9 Å². The largest absolute Gasteiger partial charge is 0.496 e. The summed E-state index contributed by atoms with van der Waals surface area (Å²) in [7, 11) is 3.35. The predicted molar refractivity (Wildman–Crippen MR) is 90.6 cm³/mol. The van der Waals surface area contributed by atoms with Crippen molar-refractivity contribution in [3.05, 3.63) is 34.3 Å². The number of aryl methyl sites for hydroxylation is 1. The van der Waals surface area contributed by atoms with E-state index >= 15 is 0 Å². The van der Waals surface area contributed by atoms with Crippen LogP contribution < -0.4 is 15.4 Å². The Labute approximate surface area is 142 Å². The van der Waals surface area contributed by atoms with Crippen LogP contribution in [0.1, 0.15) is 30.7 Å². The number of methoxy groups -OCH3 is 1. The van der Waals surface area contributed by atoms with Crippen LogP contribution in [-0.4, -0.2) is 42.0 Å². The number of hydrogen-bond donors (Lipinski definition) is 2. The average molecular weight is 332 g/mol. The number of ether oxygens (including phenoxy) is 1. The van der Waals surface area contributed by atoms with Gasteiger partial charge in [0.25, 0.3) is 5.91 Å². The van der Waals surface area contributed by atoms with Crippen molar-refractivity contribution in [2.75, 3.05) is 14.2 Å². The van der Waals surface area contributed by atoms with Gasteiger partial charge in [-0.15, -0.1) is 0 Å². The molecule has 2 N–H and O–H groups in total. The van der Waals surface area contributed by atoms with Crippen molar-refractivity contribution in [3.8, 4) is 5.75 Å². The molecule has 3 amide bonds. The van der Waals surface area contributed by atoms with Gasteiger partial charge in [0, 0.05) is 30.1 Å². The van der Waals surface area contributed by atoms with Crippen molar-refractivity contribution in [3.63, 3.8) is 0 Å². The molecule has 2 rings (SSSR count). The molecule has 0 radical (unpaired) electrons. The van der Waals surface area contributed by atoms with E-state index in [0.29, 0.717) is 17.8 Å². The second-order valence-corrected chi connectivity index (χ2v) is 6.07. The lowest BCUT2D eigenvalue weighted by atomic mass is 10.0. The zero-order valence-corrected chi connectivity index (χ0v) is 15.0. The Morgan fingerprint density at radius 1 is 1.38 bits per heavy atom. The van der Waals surface area contributed by atoms with Crippen LogP contribution >= 0.6 is 0 Å². The second kappa shape index (κ2) is 6.90. The number of hydrogen-bond acceptors (Lipinski definition) is 4. The number of carbonyl (C=O) groups is 2. The lowest BCUT2D eigenvalue weighted by Crippen LogP contribution is -2.50. The highest BCUT2D eigenvalue weighted by Gasteiger charge is 2.29. The molecule has 7 nitrogen and oxygen atoms in total. The zero-order chi connectivity index (χ0) is 18.0. The van der Waals surface area contributed by atoms with Gasteiger partial charge in [-0.25, -0.2) is 4.79 Å². The first-order chi connectivity index (χ1) is 11.3. The van der Waals surface area contributed by atoms with Gasteiger partial charge in [0.15, 0.2) is 0 Å². The van der Waals surface area contributed by atoms with E-state index in [-0.39, 0.29) is 18.0 Å². The maximum absolute atomic E-state index is 12.8. The molecule has 1 atom stereocenters. The van der Waals surface area contributed by atoms with Gasteiger partial charge in [0.05, 0.1) is 31.0 Å². The Morgan fingerprint density at radius 2 is 2.04 bits per heavy atom. The monoisotopic (exact) mass is 332 g/mol. The highest BCUT2D eigenvalue weighted by Crippen LogP contribution is 2.25. The Hall–Kier alpha value is -2.57. The minimum atomic E-state index is -0.338. The van der Waals surface area contributed by atoms with Gasteiger partial charge < -0.3 is 20.3 Å². The van der Waals surface area contributed by atoms with E-state index in [0.717, 1.165) is 22.6 Å². The van der Waals surface area contributed by atoms with Crippen LogP contribution in [-0.2, 0) is 11.3 Å². The molecule has 24 heavy (non-hydrogen) atoms. The topological polar surface area (TPSA) is 83.6 Å². The van der Waals surface area contributed by atoms with Gasteiger partial charge >= 0.3 is 6.03 Å². The minimum absolute atomic E-state index is 0.145.